The summed E-state index contributed by atoms with van der Waals surface area (Å²) in [6, 6.07) is 5.49. The third-order valence-corrected chi connectivity index (χ3v) is 4.12. The van der Waals surface area contributed by atoms with E-state index in [4.69, 9.17) is 16.3 Å². The molecule has 0 radical (unpaired) electrons. The number of aromatic nitrogens is 3. The number of methoxy groups -OCH3 is 1. The molecule has 23 heavy (non-hydrogen) atoms. The van der Waals surface area contributed by atoms with E-state index in [2.05, 4.69) is 10.1 Å². The fourth-order valence-corrected chi connectivity index (χ4v) is 2.85. The van der Waals surface area contributed by atoms with Gasteiger partial charge in [-0.15, -0.1) is 0 Å². The van der Waals surface area contributed by atoms with Crippen LogP contribution in [0, 0.1) is 0 Å². The molecule has 1 aromatic heterocycles. The zero-order valence-electron chi connectivity index (χ0n) is 12.7. The molecule has 1 saturated heterocycles. The van der Waals surface area contributed by atoms with Gasteiger partial charge in [-0.2, -0.15) is 5.10 Å². The lowest BCUT2D eigenvalue weighted by Gasteiger charge is -2.14. The van der Waals surface area contributed by atoms with Crippen molar-refractivity contribution in [2.75, 3.05) is 20.2 Å². The first-order valence-corrected chi connectivity index (χ1v) is 7.70. The van der Waals surface area contributed by atoms with E-state index in [9.17, 15) is 4.79 Å². The van der Waals surface area contributed by atoms with Crippen LogP contribution in [-0.2, 0) is 4.79 Å². The summed E-state index contributed by atoms with van der Waals surface area (Å²) >= 11 is 5.99. The Hall–Kier alpha value is -2.34. The molecule has 1 aliphatic rings. The molecule has 2 heterocycles. The van der Waals surface area contributed by atoms with E-state index < -0.39 is 0 Å². The van der Waals surface area contributed by atoms with Crippen LogP contribution in [0.1, 0.15) is 18.0 Å². The van der Waals surface area contributed by atoms with E-state index in [1.165, 1.54) is 6.33 Å². The lowest BCUT2D eigenvalue weighted by molar-refractivity contribution is -0.125. The van der Waals surface area contributed by atoms with Gasteiger partial charge in [0.2, 0.25) is 5.91 Å². The summed E-state index contributed by atoms with van der Waals surface area (Å²) in [4.78, 5) is 18.1. The monoisotopic (exact) mass is 332 g/mol. The minimum absolute atomic E-state index is 0.0327. The second-order valence-corrected chi connectivity index (χ2v) is 5.76. The normalized spacial score (nSPS) is 17.8. The minimum atomic E-state index is -0.0327. The van der Waals surface area contributed by atoms with Crippen molar-refractivity contribution >= 4 is 23.6 Å². The number of hydrogen-bond acceptors (Lipinski definition) is 4. The standard InChI is InChI=1S/C16H17ClN4O2/c1-23-15-4-3-13(17)8-12(15)2-5-16(22)20-7-6-14(9-20)21-11-18-10-19-21/h2-5,8,10-11,14H,6-7,9H2,1H3/b5-2+. The summed E-state index contributed by atoms with van der Waals surface area (Å²) in [6.45, 7) is 1.35. The molecule has 7 heteroatoms. The van der Waals surface area contributed by atoms with Gasteiger partial charge >= 0.3 is 0 Å². The molecule has 2 aromatic rings. The highest BCUT2D eigenvalue weighted by Crippen LogP contribution is 2.24. The Morgan fingerprint density at radius 3 is 3.09 bits per heavy atom. The number of likely N-dealkylation sites (tertiary alicyclic amines) is 1. The van der Waals surface area contributed by atoms with Gasteiger partial charge < -0.3 is 9.64 Å². The van der Waals surface area contributed by atoms with Gasteiger partial charge in [-0.1, -0.05) is 11.6 Å². The Morgan fingerprint density at radius 2 is 2.35 bits per heavy atom. The Morgan fingerprint density at radius 1 is 1.48 bits per heavy atom. The molecular formula is C16H17ClN4O2. The molecule has 0 N–H and O–H groups in total. The number of amides is 1. The van der Waals surface area contributed by atoms with Gasteiger partial charge in [0.15, 0.2) is 0 Å². The first-order valence-electron chi connectivity index (χ1n) is 7.32. The summed E-state index contributed by atoms with van der Waals surface area (Å²) in [7, 11) is 1.59. The Balaban J connectivity index is 1.67. The minimum Gasteiger partial charge on any atom is -0.496 e. The average Bonchev–Trinajstić information content (AvgIpc) is 3.23. The molecule has 1 fully saturated rings. The van der Waals surface area contributed by atoms with E-state index in [0.29, 0.717) is 23.9 Å². The van der Waals surface area contributed by atoms with Gasteiger partial charge in [0.25, 0.3) is 0 Å². The van der Waals surface area contributed by atoms with Crippen LogP contribution >= 0.6 is 11.6 Å². The van der Waals surface area contributed by atoms with Gasteiger partial charge in [-0.3, -0.25) is 4.79 Å². The molecule has 120 valence electrons. The number of carbonyl (C=O) groups excluding carboxylic acids is 1. The van der Waals surface area contributed by atoms with Gasteiger partial charge in [0.1, 0.15) is 18.4 Å². The lowest BCUT2D eigenvalue weighted by Crippen LogP contribution is -2.27. The predicted octanol–water partition coefficient (Wildman–Crippen LogP) is 2.43. The highest BCUT2D eigenvalue weighted by atomic mass is 35.5. The van der Waals surface area contributed by atoms with Crippen LogP contribution in [0.5, 0.6) is 5.75 Å². The largest absolute Gasteiger partial charge is 0.496 e. The van der Waals surface area contributed by atoms with Crippen LogP contribution in [0.3, 0.4) is 0 Å². The summed E-state index contributed by atoms with van der Waals surface area (Å²) in [5.41, 5.74) is 0.778. The molecule has 1 atom stereocenters. The van der Waals surface area contributed by atoms with Crippen LogP contribution in [0.15, 0.2) is 36.9 Å². The Kier molecular flexibility index (Phi) is 4.62. The smallest absolute Gasteiger partial charge is 0.246 e. The third kappa shape index (κ3) is 3.53. The maximum atomic E-state index is 12.3. The fraction of sp³-hybridized carbons (Fsp3) is 0.312. The van der Waals surface area contributed by atoms with Crippen molar-refractivity contribution in [3.63, 3.8) is 0 Å². The topological polar surface area (TPSA) is 60.2 Å². The van der Waals surface area contributed by atoms with Crippen molar-refractivity contribution in [1.82, 2.24) is 19.7 Å². The van der Waals surface area contributed by atoms with Crippen LogP contribution in [0.4, 0.5) is 0 Å². The van der Waals surface area contributed by atoms with E-state index in [-0.39, 0.29) is 11.9 Å². The molecule has 0 saturated carbocycles. The van der Waals surface area contributed by atoms with E-state index in [1.807, 2.05) is 0 Å². The zero-order chi connectivity index (χ0) is 16.2. The average molecular weight is 333 g/mol. The van der Waals surface area contributed by atoms with Gasteiger partial charge in [0.05, 0.1) is 13.2 Å². The number of nitrogens with zero attached hydrogens (tertiary/aromatic N) is 4. The fourth-order valence-electron chi connectivity index (χ4n) is 2.67. The first kappa shape index (κ1) is 15.6. The number of halogens is 1. The molecule has 1 amide bonds. The number of benzene rings is 1. The lowest BCUT2D eigenvalue weighted by atomic mass is 10.2. The molecule has 6 nitrogen and oxygen atoms in total. The van der Waals surface area contributed by atoms with Crippen LogP contribution < -0.4 is 4.74 Å². The molecule has 1 unspecified atom stereocenters. The van der Waals surface area contributed by atoms with Crippen LogP contribution in [-0.4, -0.2) is 45.8 Å². The van der Waals surface area contributed by atoms with Crippen molar-refractivity contribution in [2.45, 2.75) is 12.5 Å². The van der Waals surface area contributed by atoms with Crippen molar-refractivity contribution in [1.29, 1.82) is 0 Å². The Labute approximate surface area is 139 Å². The summed E-state index contributed by atoms with van der Waals surface area (Å²) in [6.07, 6.45) is 7.36. The van der Waals surface area contributed by atoms with Crippen LogP contribution in [0.25, 0.3) is 6.08 Å². The van der Waals surface area contributed by atoms with Gasteiger partial charge in [-0.05, 0) is 30.7 Å². The highest BCUT2D eigenvalue weighted by Gasteiger charge is 2.26. The van der Waals surface area contributed by atoms with E-state index in [1.54, 1.807) is 53.4 Å². The quantitative estimate of drug-likeness (QED) is 0.807. The van der Waals surface area contributed by atoms with Gasteiger partial charge in [0, 0.05) is 29.8 Å². The third-order valence-electron chi connectivity index (χ3n) is 3.88. The number of ether oxygens (including phenoxy) is 1. The number of carbonyl (C=O) groups is 1. The molecule has 1 aliphatic heterocycles. The summed E-state index contributed by atoms with van der Waals surface area (Å²) in [5, 5.41) is 4.74. The molecular weight excluding hydrogens is 316 g/mol. The second kappa shape index (κ2) is 6.83. The predicted molar refractivity (Wildman–Crippen MR) is 87.3 cm³/mol. The van der Waals surface area contributed by atoms with Crippen molar-refractivity contribution in [3.8, 4) is 5.75 Å². The molecule has 3 rings (SSSR count). The van der Waals surface area contributed by atoms with Crippen molar-refractivity contribution in [3.05, 3.63) is 47.5 Å². The number of hydrogen-bond donors (Lipinski definition) is 0. The van der Waals surface area contributed by atoms with Crippen molar-refractivity contribution in [2.24, 2.45) is 0 Å². The maximum Gasteiger partial charge on any atom is 0.246 e. The SMILES string of the molecule is COc1ccc(Cl)cc1/C=C/C(=O)N1CCC(n2cncn2)C1. The molecule has 0 aliphatic carbocycles. The maximum absolute atomic E-state index is 12.3. The second-order valence-electron chi connectivity index (χ2n) is 5.32. The van der Waals surface area contributed by atoms with Crippen molar-refractivity contribution < 1.29 is 9.53 Å². The first-order chi connectivity index (χ1) is 11.2. The van der Waals surface area contributed by atoms with E-state index in [0.717, 1.165) is 12.0 Å². The number of rotatable bonds is 4. The van der Waals surface area contributed by atoms with Gasteiger partial charge in [-0.25, -0.2) is 9.67 Å². The molecule has 0 spiro atoms. The van der Waals surface area contributed by atoms with Crippen LogP contribution in [0.2, 0.25) is 5.02 Å². The van der Waals surface area contributed by atoms with E-state index >= 15 is 0 Å². The summed E-state index contributed by atoms with van der Waals surface area (Å²) < 4.78 is 7.07. The Bertz CT molecular complexity index is 715. The molecule has 1 aromatic carbocycles. The highest BCUT2D eigenvalue weighted by molar-refractivity contribution is 6.30. The molecule has 0 bridgehead atoms. The zero-order valence-corrected chi connectivity index (χ0v) is 13.5. The summed E-state index contributed by atoms with van der Waals surface area (Å²) in [5.74, 6) is 0.648.